The third kappa shape index (κ3) is 2.32. The van der Waals surface area contributed by atoms with Crippen LogP contribution >= 0.6 is 0 Å². The highest BCUT2D eigenvalue weighted by atomic mass is 28.3. The van der Waals surface area contributed by atoms with Crippen LogP contribution in [0, 0.1) is 25.8 Å². The molecule has 0 saturated carbocycles. The minimum Gasteiger partial charge on any atom is -0.127 e. The first-order chi connectivity index (χ1) is 8.24. The van der Waals surface area contributed by atoms with Crippen molar-refractivity contribution < 1.29 is 0 Å². The first-order valence-corrected chi connectivity index (χ1v) is 7.19. The van der Waals surface area contributed by atoms with Gasteiger partial charge in [0.1, 0.15) is 0 Å². The molecule has 0 aliphatic heterocycles. The smallest absolute Gasteiger partial charge is 0.127 e. The average molecular weight is 235 g/mol. The number of benzene rings is 2. The van der Waals surface area contributed by atoms with Gasteiger partial charge in [-0.25, -0.2) is 0 Å². The maximum absolute atomic E-state index is 5.75. The summed E-state index contributed by atoms with van der Waals surface area (Å²) in [6.07, 6.45) is 5.75. The zero-order valence-corrected chi connectivity index (χ0v) is 11.2. The summed E-state index contributed by atoms with van der Waals surface area (Å²) >= 11 is 0. The average Bonchev–Trinajstić information content (AvgIpc) is 2.37. The normalized spacial score (nSPS) is 10.2. The van der Waals surface area contributed by atoms with E-state index in [1.54, 1.807) is 0 Å². The molecule has 2 rings (SSSR count). The van der Waals surface area contributed by atoms with Gasteiger partial charge in [0, 0.05) is 0 Å². The third-order valence-electron chi connectivity index (χ3n) is 3.08. The highest BCUT2D eigenvalue weighted by Crippen LogP contribution is 2.04. The summed E-state index contributed by atoms with van der Waals surface area (Å²) in [5, 5.41) is 2.62. The molecular formula is C16H15Si. The molecule has 1 heteroatoms. The zero-order valence-electron chi connectivity index (χ0n) is 10.2. The fourth-order valence-electron chi connectivity index (χ4n) is 1.94. The number of aryl methyl sites for hydroxylation is 1. The van der Waals surface area contributed by atoms with Crippen LogP contribution in [-0.4, -0.2) is 8.80 Å². The van der Waals surface area contributed by atoms with Crippen LogP contribution in [0.2, 0.25) is 0 Å². The first kappa shape index (κ1) is 11.7. The summed E-state index contributed by atoms with van der Waals surface area (Å²) in [5.41, 5.74) is 5.66. The molecule has 0 aromatic heterocycles. The van der Waals surface area contributed by atoms with Crippen molar-refractivity contribution in [3.63, 3.8) is 0 Å². The van der Waals surface area contributed by atoms with Crippen LogP contribution in [-0.2, 0) is 0 Å². The van der Waals surface area contributed by atoms with Gasteiger partial charge in [-0.1, -0.05) is 48.5 Å². The molecule has 0 heterocycles. The lowest BCUT2D eigenvalue weighted by atomic mass is 10.1. The lowest BCUT2D eigenvalue weighted by molar-refractivity contribution is 1.37. The largest absolute Gasteiger partial charge is 0.213 e. The Hall–Kier alpha value is -1.78. The van der Waals surface area contributed by atoms with E-state index in [1.807, 2.05) is 6.07 Å². The predicted octanol–water partition coefficient (Wildman–Crippen LogP) is 2.08. The van der Waals surface area contributed by atoms with Crippen LogP contribution in [0.25, 0.3) is 0 Å². The Balaban J connectivity index is 2.51. The molecule has 0 spiro atoms. The molecule has 0 unspecified atom stereocenters. The van der Waals surface area contributed by atoms with E-state index in [1.165, 1.54) is 21.5 Å². The van der Waals surface area contributed by atoms with Gasteiger partial charge in [0.25, 0.3) is 0 Å². The lowest BCUT2D eigenvalue weighted by Gasteiger charge is -2.13. The number of terminal acetylenes is 1. The van der Waals surface area contributed by atoms with Gasteiger partial charge >= 0.3 is 0 Å². The van der Waals surface area contributed by atoms with Crippen LogP contribution in [0.1, 0.15) is 11.1 Å². The highest BCUT2D eigenvalue weighted by Gasteiger charge is 2.16. The summed E-state index contributed by atoms with van der Waals surface area (Å²) in [5.74, 6) is 0. The second kappa shape index (κ2) is 5.03. The molecule has 0 N–H and O–H groups in total. The molecule has 17 heavy (non-hydrogen) atoms. The number of hydrogen-bond donors (Lipinski definition) is 0. The van der Waals surface area contributed by atoms with Crippen molar-refractivity contribution in [2.45, 2.75) is 13.8 Å². The Bertz CT molecular complexity index is 549. The van der Waals surface area contributed by atoms with E-state index in [0.717, 1.165) is 0 Å². The van der Waals surface area contributed by atoms with Crippen LogP contribution in [0.5, 0.6) is 0 Å². The monoisotopic (exact) mass is 235 g/mol. The fourth-order valence-corrected chi connectivity index (χ4v) is 3.94. The van der Waals surface area contributed by atoms with Gasteiger partial charge in [0.05, 0.1) is 0 Å². The molecule has 0 saturated heterocycles. The maximum atomic E-state index is 5.75. The van der Waals surface area contributed by atoms with Crippen molar-refractivity contribution in [3.8, 4) is 12.0 Å². The SMILES string of the molecule is C#C[Si](c1ccccc1)c1cccc(C)c1C. The zero-order chi connectivity index (χ0) is 12.3. The molecule has 0 atom stereocenters. The van der Waals surface area contributed by atoms with Crippen molar-refractivity contribution in [3.05, 3.63) is 59.7 Å². The van der Waals surface area contributed by atoms with Crippen molar-refractivity contribution in [2.75, 3.05) is 0 Å². The Labute approximate surface area is 105 Å². The van der Waals surface area contributed by atoms with Crippen LogP contribution < -0.4 is 10.4 Å². The fraction of sp³-hybridized carbons (Fsp3) is 0.125. The summed E-state index contributed by atoms with van der Waals surface area (Å²) in [6.45, 7) is 4.30. The molecule has 0 amide bonds. The third-order valence-corrected chi connectivity index (χ3v) is 5.36. The Kier molecular flexibility index (Phi) is 3.46. The molecule has 0 fully saturated rings. The van der Waals surface area contributed by atoms with E-state index >= 15 is 0 Å². The van der Waals surface area contributed by atoms with E-state index in [0.29, 0.717) is 0 Å². The van der Waals surface area contributed by atoms with Gasteiger partial charge in [0.2, 0.25) is 8.80 Å². The maximum Gasteiger partial charge on any atom is 0.213 e. The predicted molar refractivity (Wildman–Crippen MR) is 76.2 cm³/mol. The van der Waals surface area contributed by atoms with Crippen LogP contribution in [0.15, 0.2) is 48.5 Å². The number of rotatable bonds is 2. The first-order valence-electron chi connectivity index (χ1n) is 5.69. The standard InChI is InChI=1S/C16H15Si/c1-4-17(15-10-6-5-7-11-15)16-12-8-9-13(2)14(16)3/h1,5-12H,2-3H3. The molecule has 2 aromatic rings. The second-order valence-electron chi connectivity index (χ2n) is 4.13. The molecule has 2 aromatic carbocycles. The van der Waals surface area contributed by atoms with Crippen LogP contribution in [0.4, 0.5) is 0 Å². The Morgan fingerprint density at radius 2 is 1.65 bits per heavy atom. The van der Waals surface area contributed by atoms with Gasteiger partial charge < -0.3 is 0 Å². The Morgan fingerprint density at radius 3 is 2.29 bits per heavy atom. The van der Waals surface area contributed by atoms with E-state index in [2.05, 4.69) is 61.9 Å². The molecular weight excluding hydrogens is 220 g/mol. The molecule has 0 aliphatic rings. The summed E-state index contributed by atoms with van der Waals surface area (Å²) in [6, 6.07) is 16.8. The molecule has 0 aliphatic carbocycles. The summed E-state index contributed by atoms with van der Waals surface area (Å²) in [4.78, 5) is 0. The molecule has 0 nitrogen and oxygen atoms in total. The summed E-state index contributed by atoms with van der Waals surface area (Å²) in [7, 11) is -1.06. The van der Waals surface area contributed by atoms with Gasteiger partial charge in [-0.3, -0.25) is 0 Å². The summed E-state index contributed by atoms with van der Waals surface area (Å²) < 4.78 is 0. The molecule has 83 valence electrons. The second-order valence-corrected chi connectivity index (χ2v) is 6.29. The van der Waals surface area contributed by atoms with Crippen molar-refractivity contribution in [1.82, 2.24) is 0 Å². The molecule has 1 radical (unpaired) electrons. The van der Waals surface area contributed by atoms with Gasteiger partial charge in [0.15, 0.2) is 0 Å². The van der Waals surface area contributed by atoms with Gasteiger partial charge in [-0.15, -0.1) is 12.0 Å². The van der Waals surface area contributed by atoms with E-state index in [9.17, 15) is 0 Å². The number of hydrogen-bond acceptors (Lipinski definition) is 0. The lowest BCUT2D eigenvalue weighted by Crippen LogP contribution is -2.42. The van der Waals surface area contributed by atoms with Crippen molar-refractivity contribution >= 4 is 19.2 Å². The van der Waals surface area contributed by atoms with E-state index < -0.39 is 8.80 Å². The van der Waals surface area contributed by atoms with E-state index in [-0.39, 0.29) is 0 Å². The molecule has 0 bridgehead atoms. The minimum atomic E-state index is -1.06. The van der Waals surface area contributed by atoms with Gasteiger partial charge in [-0.2, -0.15) is 0 Å². The highest BCUT2D eigenvalue weighted by molar-refractivity contribution is 6.91. The van der Waals surface area contributed by atoms with Gasteiger partial charge in [-0.05, 0) is 35.3 Å². The van der Waals surface area contributed by atoms with Crippen molar-refractivity contribution in [2.24, 2.45) is 0 Å². The topological polar surface area (TPSA) is 0 Å². The quantitative estimate of drug-likeness (QED) is 0.552. The van der Waals surface area contributed by atoms with Crippen molar-refractivity contribution in [1.29, 1.82) is 0 Å². The minimum absolute atomic E-state index is 1.06. The van der Waals surface area contributed by atoms with E-state index in [4.69, 9.17) is 6.42 Å². The Morgan fingerprint density at radius 1 is 0.941 bits per heavy atom. The van der Waals surface area contributed by atoms with Crippen LogP contribution in [0.3, 0.4) is 0 Å².